The number of Topliss-reactive ketones (excluding diaryl/α,β-unsaturated/α-hetero) is 1. The SMILES string of the molecule is O=C(CCl)c1cccc(O)c1OC(F)(F)F. The molecule has 1 rings (SSSR count). The molecular formula is C9H6ClF3O3. The number of ketones is 1. The molecule has 0 heterocycles. The van der Waals surface area contributed by atoms with Crippen molar-refractivity contribution in [2.24, 2.45) is 0 Å². The fraction of sp³-hybridized carbons (Fsp3) is 0.222. The molecular weight excluding hydrogens is 249 g/mol. The maximum absolute atomic E-state index is 12.0. The fourth-order valence-electron chi connectivity index (χ4n) is 1.04. The van der Waals surface area contributed by atoms with Gasteiger partial charge >= 0.3 is 6.36 Å². The molecule has 0 amide bonds. The van der Waals surface area contributed by atoms with Crippen LogP contribution in [0.15, 0.2) is 18.2 Å². The van der Waals surface area contributed by atoms with Gasteiger partial charge in [-0.25, -0.2) is 0 Å². The molecule has 0 bridgehead atoms. The quantitative estimate of drug-likeness (QED) is 0.666. The molecule has 0 saturated heterocycles. The van der Waals surface area contributed by atoms with Crippen LogP contribution in [0.25, 0.3) is 0 Å². The summed E-state index contributed by atoms with van der Waals surface area (Å²) in [4.78, 5) is 11.2. The summed E-state index contributed by atoms with van der Waals surface area (Å²) in [6.45, 7) is 0. The molecule has 0 aromatic heterocycles. The Balaban J connectivity index is 3.19. The highest BCUT2D eigenvalue weighted by Crippen LogP contribution is 2.34. The molecule has 0 spiro atoms. The van der Waals surface area contributed by atoms with Gasteiger partial charge in [-0.1, -0.05) is 6.07 Å². The van der Waals surface area contributed by atoms with Crippen LogP contribution in [-0.2, 0) is 0 Å². The van der Waals surface area contributed by atoms with E-state index in [4.69, 9.17) is 11.6 Å². The lowest BCUT2D eigenvalue weighted by Gasteiger charge is -2.13. The van der Waals surface area contributed by atoms with Gasteiger partial charge in [-0.15, -0.1) is 24.8 Å². The van der Waals surface area contributed by atoms with Gasteiger partial charge in [0.15, 0.2) is 17.3 Å². The van der Waals surface area contributed by atoms with Crippen LogP contribution in [0.2, 0.25) is 0 Å². The summed E-state index contributed by atoms with van der Waals surface area (Å²) in [6.07, 6.45) is -4.99. The normalized spacial score (nSPS) is 11.2. The van der Waals surface area contributed by atoms with Gasteiger partial charge in [-0.05, 0) is 12.1 Å². The molecule has 0 aliphatic rings. The van der Waals surface area contributed by atoms with E-state index in [0.29, 0.717) is 0 Å². The minimum absolute atomic E-state index is 0.410. The van der Waals surface area contributed by atoms with Crippen LogP contribution in [0.3, 0.4) is 0 Å². The lowest BCUT2D eigenvalue weighted by atomic mass is 10.1. The second-order valence-corrected chi connectivity index (χ2v) is 3.03. The summed E-state index contributed by atoms with van der Waals surface area (Å²) in [6, 6.07) is 3.29. The predicted molar refractivity (Wildman–Crippen MR) is 49.8 cm³/mol. The third kappa shape index (κ3) is 3.03. The van der Waals surface area contributed by atoms with Gasteiger partial charge in [0.1, 0.15) is 0 Å². The summed E-state index contributed by atoms with van der Waals surface area (Å²) >= 11 is 5.21. The van der Waals surface area contributed by atoms with Crippen LogP contribution in [0.5, 0.6) is 11.5 Å². The number of benzene rings is 1. The Bertz CT molecular complexity index is 403. The van der Waals surface area contributed by atoms with E-state index in [-0.39, 0.29) is 0 Å². The molecule has 0 unspecified atom stereocenters. The number of rotatable bonds is 3. The van der Waals surface area contributed by atoms with Crippen molar-refractivity contribution >= 4 is 17.4 Å². The highest BCUT2D eigenvalue weighted by Gasteiger charge is 2.34. The molecule has 0 radical (unpaired) electrons. The molecule has 0 aliphatic carbocycles. The fourth-order valence-corrected chi connectivity index (χ4v) is 1.18. The average Bonchev–Trinajstić information content (AvgIpc) is 2.18. The zero-order valence-corrected chi connectivity index (χ0v) is 8.47. The van der Waals surface area contributed by atoms with Gasteiger partial charge in [-0.3, -0.25) is 4.79 Å². The van der Waals surface area contributed by atoms with Gasteiger partial charge in [0, 0.05) is 0 Å². The first-order valence-corrected chi connectivity index (χ1v) is 4.55. The number of carbonyl (C=O) groups is 1. The standard InChI is InChI=1S/C9H6ClF3O3/c10-4-7(15)5-2-1-3-6(14)8(5)16-9(11,12)13/h1-3,14H,4H2. The van der Waals surface area contributed by atoms with Crippen molar-refractivity contribution in [2.45, 2.75) is 6.36 Å². The van der Waals surface area contributed by atoms with E-state index in [2.05, 4.69) is 4.74 Å². The van der Waals surface area contributed by atoms with Crippen molar-refractivity contribution in [3.05, 3.63) is 23.8 Å². The van der Waals surface area contributed by atoms with Crippen molar-refractivity contribution in [3.63, 3.8) is 0 Å². The molecule has 0 fully saturated rings. The van der Waals surface area contributed by atoms with Crippen molar-refractivity contribution in [1.82, 2.24) is 0 Å². The molecule has 0 saturated carbocycles. The van der Waals surface area contributed by atoms with Gasteiger partial charge in [0.25, 0.3) is 0 Å². The van der Waals surface area contributed by atoms with E-state index in [1.807, 2.05) is 0 Å². The second-order valence-electron chi connectivity index (χ2n) is 2.76. The summed E-state index contributed by atoms with van der Waals surface area (Å²) in [5.41, 5.74) is -0.410. The zero-order valence-electron chi connectivity index (χ0n) is 7.71. The van der Waals surface area contributed by atoms with Crippen molar-refractivity contribution in [3.8, 4) is 11.5 Å². The Morgan fingerprint density at radius 3 is 2.56 bits per heavy atom. The number of phenols is 1. The topological polar surface area (TPSA) is 46.5 Å². The molecule has 3 nitrogen and oxygen atoms in total. The Morgan fingerprint density at radius 1 is 1.44 bits per heavy atom. The Labute approximate surface area is 93.4 Å². The van der Waals surface area contributed by atoms with Crippen LogP contribution in [0.4, 0.5) is 13.2 Å². The summed E-state index contributed by atoms with van der Waals surface area (Å²) in [5.74, 6) is -2.97. The molecule has 16 heavy (non-hydrogen) atoms. The van der Waals surface area contributed by atoms with E-state index in [9.17, 15) is 23.1 Å². The smallest absolute Gasteiger partial charge is 0.504 e. The number of ether oxygens (including phenoxy) is 1. The van der Waals surface area contributed by atoms with Crippen LogP contribution >= 0.6 is 11.6 Å². The predicted octanol–water partition coefficient (Wildman–Crippen LogP) is 2.71. The van der Waals surface area contributed by atoms with Gasteiger partial charge in [0.05, 0.1) is 11.4 Å². The maximum Gasteiger partial charge on any atom is 0.573 e. The maximum atomic E-state index is 12.0. The minimum atomic E-state index is -4.99. The average molecular weight is 255 g/mol. The number of carbonyl (C=O) groups excluding carboxylic acids is 1. The number of alkyl halides is 4. The number of phenolic OH excluding ortho intramolecular Hbond substituents is 1. The van der Waals surface area contributed by atoms with Crippen molar-refractivity contribution in [1.29, 1.82) is 0 Å². The van der Waals surface area contributed by atoms with E-state index in [1.165, 1.54) is 6.07 Å². The summed E-state index contributed by atoms with van der Waals surface area (Å²) in [5, 5.41) is 9.18. The number of halogens is 4. The molecule has 1 aromatic rings. The third-order valence-electron chi connectivity index (χ3n) is 1.63. The van der Waals surface area contributed by atoms with Crippen LogP contribution in [0.1, 0.15) is 10.4 Å². The highest BCUT2D eigenvalue weighted by molar-refractivity contribution is 6.30. The van der Waals surface area contributed by atoms with Crippen LogP contribution in [-0.4, -0.2) is 23.1 Å². The first-order valence-electron chi connectivity index (χ1n) is 4.02. The molecule has 88 valence electrons. The van der Waals surface area contributed by atoms with Crippen molar-refractivity contribution in [2.75, 3.05) is 5.88 Å². The van der Waals surface area contributed by atoms with E-state index < -0.39 is 35.1 Å². The Kier molecular flexibility index (Phi) is 3.64. The molecule has 1 N–H and O–H groups in total. The van der Waals surface area contributed by atoms with E-state index in [0.717, 1.165) is 12.1 Å². The van der Waals surface area contributed by atoms with Gasteiger partial charge < -0.3 is 9.84 Å². The Morgan fingerprint density at radius 2 is 2.06 bits per heavy atom. The number of aromatic hydroxyl groups is 1. The first-order chi connectivity index (χ1) is 7.35. The summed E-state index contributed by atoms with van der Waals surface area (Å²) < 4.78 is 39.5. The monoisotopic (exact) mass is 254 g/mol. The molecule has 0 aliphatic heterocycles. The third-order valence-corrected chi connectivity index (χ3v) is 1.88. The van der Waals surface area contributed by atoms with E-state index >= 15 is 0 Å². The van der Waals surface area contributed by atoms with E-state index in [1.54, 1.807) is 0 Å². The summed E-state index contributed by atoms with van der Waals surface area (Å²) in [7, 11) is 0. The largest absolute Gasteiger partial charge is 0.573 e. The van der Waals surface area contributed by atoms with Gasteiger partial charge in [0.2, 0.25) is 0 Å². The molecule has 7 heteroatoms. The zero-order chi connectivity index (χ0) is 12.3. The number of hydrogen-bond acceptors (Lipinski definition) is 3. The number of hydrogen-bond donors (Lipinski definition) is 1. The minimum Gasteiger partial charge on any atom is -0.504 e. The van der Waals surface area contributed by atoms with Crippen LogP contribution < -0.4 is 4.74 Å². The lowest BCUT2D eigenvalue weighted by Crippen LogP contribution is -2.19. The molecule has 0 atom stereocenters. The second kappa shape index (κ2) is 4.61. The number of para-hydroxylation sites is 1. The highest BCUT2D eigenvalue weighted by atomic mass is 35.5. The van der Waals surface area contributed by atoms with Crippen molar-refractivity contribution < 1.29 is 27.8 Å². The lowest BCUT2D eigenvalue weighted by molar-refractivity contribution is -0.275. The molecule has 1 aromatic carbocycles. The van der Waals surface area contributed by atoms with Crippen LogP contribution in [0, 0.1) is 0 Å². The Hall–Kier alpha value is -1.43. The first kappa shape index (κ1) is 12.6. The van der Waals surface area contributed by atoms with Gasteiger partial charge in [-0.2, -0.15) is 0 Å².